The Morgan fingerprint density at radius 3 is 2.82 bits per heavy atom. The lowest BCUT2D eigenvalue weighted by molar-refractivity contribution is -0.146. The second-order valence-corrected chi connectivity index (χ2v) is 4.01. The summed E-state index contributed by atoms with van der Waals surface area (Å²) in [5.74, 6) is -1.69. The summed E-state index contributed by atoms with van der Waals surface area (Å²) < 4.78 is 13.4. The van der Waals surface area contributed by atoms with Gasteiger partial charge in [-0.3, -0.25) is 4.79 Å². The Hall–Kier alpha value is -1.91. The predicted molar refractivity (Wildman–Crippen MR) is 57.6 cm³/mol. The van der Waals surface area contributed by atoms with E-state index in [1.165, 1.54) is 11.0 Å². The molecule has 1 fully saturated rings. The Labute approximate surface area is 97.7 Å². The van der Waals surface area contributed by atoms with Gasteiger partial charge in [-0.15, -0.1) is 0 Å². The van der Waals surface area contributed by atoms with Gasteiger partial charge < -0.3 is 10.0 Å². The van der Waals surface area contributed by atoms with Gasteiger partial charge in [0.1, 0.15) is 11.9 Å². The van der Waals surface area contributed by atoms with E-state index in [4.69, 9.17) is 5.11 Å². The van der Waals surface area contributed by atoms with Gasteiger partial charge in [-0.25, -0.2) is 9.18 Å². The quantitative estimate of drug-likeness (QED) is 0.864. The van der Waals surface area contributed by atoms with Crippen molar-refractivity contribution in [2.75, 3.05) is 0 Å². The van der Waals surface area contributed by atoms with E-state index in [0.717, 1.165) is 0 Å². The van der Waals surface area contributed by atoms with Crippen molar-refractivity contribution < 1.29 is 19.1 Å². The number of carboxylic acids is 1. The smallest absolute Gasteiger partial charge is 0.326 e. The van der Waals surface area contributed by atoms with E-state index in [2.05, 4.69) is 0 Å². The number of nitrogens with zero attached hydrogens (tertiary/aromatic N) is 1. The number of rotatable bonds is 3. The number of hydrogen-bond donors (Lipinski definition) is 1. The SMILES string of the molecule is O=C(O)[C@@H]1CCC(=O)N1Cc1ccccc1F. The molecular weight excluding hydrogens is 225 g/mol. The van der Waals surface area contributed by atoms with E-state index in [9.17, 15) is 14.0 Å². The van der Waals surface area contributed by atoms with Crippen LogP contribution in [0.1, 0.15) is 18.4 Å². The lowest BCUT2D eigenvalue weighted by Crippen LogP contribution is -2.38. The molecule has 1 aromatic rings. The first-order valence-electron chi connectivity index (χ1n) is 5.35. The summed E-state index contributed by atoms with van der Waals surface area (Å²) in [6.07, 6.45) is 0.508. The molecule has 0 saturated carbocycles. The summed E-state index contributed by atoms with van der Waals surface area (Å²) in [5.41, 5.74) is 0.342. The molecule has 4 nitrogen and oxygen atoms in total. The maximum atomic E-state index is 13.4. The molecule has 0 spiro atoms. The van der Waals surface area contributed by atoms with Crippen LogP contribution in [0.4, 0.5) is 4.39 Å². The first kappa shape index (κ1) is 11.6. The molecule has 0 bridgehead atoms. The van der Waals surface area contributed by atoms with Crippen LogP contribution < -0.4 is 0 Å². The summed E-state index contributed by atoms with van der Waals surface area (Å²) in [7, 11) is 0. The number of halogens is 1. The first-order chi connectivity index (χ1) is 8.09. The van der Waals surface area contributed by atoms with Gasteiger partial charge in [0.2, 0.25) is 5.91 Å². The Bertz CT molecular complexity index is 461. The number of carboxylic acid groups (broad SMARTS) is 1. The van der Waals surface area contributed by atoms with Crippen molar-refractivity contribution in [2.24, 2.45) is 0 Å². The molecule has 17 heavy (non-hydrogen) atoms. The van der Waals surface area contributed by atoms with Crippen LogP contribution in [-0.4, -0.2) is 27.9 Å². The predicted octanol–water partition coefficient (Wildman–Crippen LogP) is 1.40. The summed E-state index contributed by atoms with van der Waals surface area (Å²) in [4.78, 5) is 23.7. The van der Waals surface area contributed by atoms with E-state index in [-0.39, 0.29) is 18.9 Å². The molecule has 0 radical (unpaired) electrons. The largest absolute Gasteiger partial charge is 0.480 e. The third-order valence-electron chi connectivity index (χ3n) is 2.91. The van der Waals surface area contributed by atoms with Gasteiger partial charge >= 0.3 is 5.97 Å². The molecular formula is C12H12FNO3. The minimum atomic E-state index is -1.04. The molecule has 1 amide bonds. The molecule has 1 atom stereocenters. The van der Waals surface area contributed by atoms with E-state index < -0.39 is 17.8 Å². The Balaban J connectivity index is 2.19. The molecule has 0 aliphatic carbocycles. The fourth-order valence-corrected chi connectivity index (χ4v) is 2.00. The zero-order chi connectivity index (χ0) is 12.4. The van der Waals surface area contributed by atoms with Crippen LogP contribution in [0.5, 0.6) is 0 Å². The molecule has 5 heteroatoms. The van der Waals surface area contributed by atoms with E-state index in [1.54, 1.807) is 18.2 Å². The maximum Gasteiger partial charge on any atom is 0.326 e. The summed E-state index contributed by atoms with van der Waals surface area (Å²) >= 11 is 0. The molecule has 1 saturated heterocycles. The highest BCUT2D eigenvalue weighted by molar-refractivity contribution is 5.87. The summed E-state index contributed by atoms with van der Waals surface area (Å²) in [6.45, 7) is 0.0163. The number of amides is 1. The zero-order valence-corrected chi connectivity index (χ0v) is 9.10. The Kier molecular flexibility index (Phi) is 3.08. The second kappa shape index (κ2) is 4.53. The van der Waals surface area contributed by atoms with Crippen molar-refractivity contribution >= 4 is 11.9 Å². The van der Waals surface area contributed by atoms with Crippen LogP contribution in [0.25, 0.3) is 0 Å². The fraction of sp³-hybridized carbons (Fsp3) is 0.333. The van der Waals surface area contributed by atoms with Gasteiger partial charge in [-0.05, 0) is 12.5 Å². The minimum Gasteiger partial charge on any atom is -0.480 e. The van der Waals surface area contributed by atoms with Crippen molar-refractivity contribution in [1.29, 1.82) is 0 Å². The average molecular weight is 237 g/mol. The van der Waals surface area contributed by atoms with Crippen LogP contribution in [-0.2, 0) is 16.1 Å². The number of carbonyl (C=O) groups excluding carboxylic acids is 1. The number of hydrogen-bond acceptors (Lipinski definition) is 2. The zero-order valence-electron chi connectivity index (χ0n) is 9.10. The van der Waals surface area contributed by atoms with Crippen LogP contribution in [0.2, 0.25) is 0 Å². The van der Waals surface area contributed by atoms with Crippen LogP contribution >= 0.6 is 0 Å². The molecule has 1 aliphatic heterocycles. The average Bonchev–Trinajstić information content (AvgIpc) is 2.64. The summed E-state index contributed by atoms with van der Waals surface area (Å²) in [6, 6.07) is 5.24. The molecule has 90 valence electrons. The van der Waals surface area contributed by atoms with Crippen LogP contribution in [0.15, 0.2) is 24.3 Å². The highest BCUT2D eigenvalue weighted by Crippen LogP contribution is 2.22. The van der Waals surface area contributed by atoms with Crippen molar-refractivity contribution in [3.05, 3.63) is 35.6 Å². The number of likely N-dealkylation sites (tertiary alicyclic amines) is 1. The van der Waals surface area contributed by atoms with E-state index in [0.29, 0.717) is 12.0 Å². The van der Waals surface area contributed by atoms with Crippen molar-refractivity contribution in [3.8, 4) is 0 Å². The third-order valence-corrected chi connectivity index (χ3v) is 2.91. The van der Waals surface area contributed by atoms with Gasteiger partial charge in [-0.2, -0.15) is 0 Å². The number of aliphatic carboxylic acids is 1. The summed E-state index contributed by atoms with van der Waals surface area (Å²) in [5, 5.41) is 8.96. The Morgan fingerprint density at radius 2 is 2.18 bits per heavy atom. The highest BCUT2D eigenvalue weighted by Gasteiger charge is 2.36. The van der Waals surface area contributed by atoms with Gasteiger partial charge in [0.25, 0.3) is 0 Å². The van der Waals surface area contributed by atoms with Crippen LogP contribution in [0.3, 0.4) is 0 Å². The van der Waals surface area contributed by atoms with Gasteiger partial charge in [0.05, 0.1) is 0 Å². The molecule has 1 N–H and O–H groups in total. The fourth-order valence-electron chi connectivity index (χ4n) is 2.00. The Morgan fingerprint density at radius 1 is 1.47 bits per heavy atom. The molecule has 1 aliphatic rings. The third kappa shape index (κ3) is 2.27. The van der Waals surface area contributed by atoms with E-state index in [1.807, 2.05) is 0 Å². The normalized spacial score (nSPS) is 19.7. The van der Waals surface area contributed by atoms with Gasteiger partial charge in [-0.1, -0.05) is 18.2 Å². The molecule has 0 unspecified atom stereocenters. The topological polar surface area (TPSA) is 57.6 Å². The second-order valence-electron chi connectivity index (χ2n) is 4.01. The van der Waals surface area contributed by atoms with Crippen molar-refractivity contribution in [3.63, 3.8) is 0 Å². The maximum absolute atomic E-state index is 13.4. The standard InChI is InChI=1S/C12H12FNO3/c13-9-4-2-1-3-8(9)7-14-10(12(16)17)5-6-11(14)15/h1-4,10H,5-7H2,(H,16,17)/t10-/m0/s1. The molecule has 1 heterocycles. The van der Waals surface area contributed by atoms with Crippen molar-refractivity contribution in [2.45, 2.75) is 25.4 Å². The molecule has 1 aromatic carbocycles. The lowest BCUT2D eigenvalue weighted by Gasteiger charge is -2.21. The van der Waals surface area contributed by atoms with Crippen LogP contribution in [0, 0.1) is 5.82 Å². The minimum absolute atomic E-state index is 0.0163. The number of carbonyl (C=O) groups is 2. The lowest BCUT2D eigenvalue weighted by atomic mass is 10.1. The van der Waals surface area contributed by atoms with Gasteiger partial charge in [0, 0.05) is 18.5 Å². The molecule has 2 rings (SSSR count). The van der Waals surface area contributed by atoms with Gasteiger partial charge in [0.15, 0.2) is 0 Å². The highest BCUT2D eigenvalue weighted by atomic mass is 19.1. The monoisotopic (exact) mass is 237 g/mol. The molecule has 0 aromatic heterocycles. The van der Waals surface area contributed by atoms with Crippen molar-refractivity contribution in [1.82, 2.24) is 4.90 Å². The van der Waals surface area contributed by atoms with E-state index >= 15 is 0 Å². The number of benzene rings is 1. The first-order valence-corrected chi connectivity index (χ1v) is 5.35.